The van der Waals surface area contributed by atoms with Gasteiger partial charge in [-0.3, -0.25) is 9.52 Å². The smallest absolute Gasteiger partial charge is 0.261 e. The minimum atomic E-state index is -3.70. The molecule has 0 saturated carbocycles. The molecule has 0 saturated heterocycles. The van der Waals surface area contributed by atoms with Crippen molar-refractivity contribution in [3.8, 4) is 0 Å². The number of carbonyl (C=O) groups is 1. The lowest BCUT2D eigenvalue weighted by Gasteiger charge is -2.11. The van der Waals surface area contributed by atoms with Crippen LogP contribution in [0.15, 0.2) is 53.4 Å². The van der Waals surface area contributed by atoms with Gasteiger partial charge in [-0.15, -0.1) is 0 Å². The van der Waals surface area contributed by atoms with Crippen LogP contribution in [0.25, 0.3) is 0 Å². The van der Waals surface area contributed by atoms with E-state index in [9.17, 15) is 13.2 Å². The molecule has 0 fully saturated rings. The topological polar surface area (TPSA) is 87.3 Å². The number of hydrogen-bond donors (Lipinski definition) is 3. The zero-order valence-corrected chi connectivity index (χ0v) is 15.9. The molecule has 2 rings (SSSR count). The van der Waals surface area contributed by atoms with Gasteiger partial charge in [0, 0.05) is 18.7 Å². The standard InChI is InChI=1S/C19H25N3O3S/c1-3-12-20-13-14-21-19(23)16-8-10-17(11-9-16)26(24,25)22-18-7-5-4-6-15(18)2/h4-11,20,22H,3,12-14H2,1-2H3,(H,21,23). The number of sulfonamides is 1. The van der Waals surface area contributed by atoms with Crippen molar-refractivity contribution < 1.29 is 13.2 Å². The summed E-state index contributed by atoms with van der Waals surface area (Å²) in [6, 6.07) is 13.1. The molecular weight excluding hydrogens is 350 g/mol. The summed E-state index contributed by atoms with van der Waals surface area (Å²) >= 11 is 0. The second kappa shape index (κ2) is 9.35. The minimum Gasteiger partial charge on any atom is -0.351 e. The largest absolute Gasteiger partial charge is 0.351 e. The predicted molar refractivity (Wildman–Crippen MR) is 104 cm³/mol. The first kappa shape index (κ1) is 19.9. The van der Waals surface area contributed by atoms with Crippen LogP contribution in [0.3, 0.4) is 0 Å². The lowest BCUT2D eigenvalue weighted by atomic mass is 10.2. The van der Waals surface area contributed by atoms with Crippen molar-refractivity contribution in [2.75, 3.05) is 24.4 Å². The predicted octanol–water partition coefficient (Wildman–Crippen LogP) is 2.53. The highest BCUT2D eigenvalue weighted by atomic mass is 32.2. The summed E-state index contributed by atoms with van der Waals surface area (Å²) in [4.78, 5) is 12.2. The summed E-state index contributed by atoms with van der Waals surface area (Å²) in [6.07, 6.45) is 1.04. The lowest BCUT2D eigenvalue weighted by Crippen LogP contribution is -2.32. The number of nitrogens with one attached hydrogen (secondary N) is 3. The molecule has 7 heteroatoms. The van der Waals surface area contributed by atoms with E-state index in [-0.39, 0.29) is 10.8 Å². The maximum atomic E-state index is 12.5. The van der Waals surface area contributed by atoms with Crippen molar-refractivity contribution in [1.82, 2.24) is 10.6 Å². The lowest BCUT2D eigenvalue weighted by molar-refractivity contribution is 0.0954. The average Bonchev–Trinajstić information content (AvgIpc) is 2.63. The van der Waals surface area contributed by atoms with Gasteiger partial charge in [0.1, 0.15) is 0 Å². The third-order valence-electron chi connectivity index (χ3n) is 3.83. The maximum Gasteiger partial charge on any atom is 0.261 e. The van der Waals surface area contributed by atoms with E-state index in [0.29, 0.717) is 24.3 Å². The number of para-hydroxylation sites is 1. The molecule has 0 heterocycles. The zero-order valence-electron chi connectivity index (χ0n) is 15.1. The second-order valence-corrected chi connectivity index (χ2v) is 7.63. The molecule has 0 aliphatic heterocycles. The number of carbonyl (C=O) groups excluding carboxylic acids is 1. The van der Waals surface area contributed by atoms with Crippen LogP contribution < -0.4 is 15.4 Å². The van der Waals surface area contributed by atoms with Gasteiger partial charge in [-0.25, -0.2) is 8.42 Å². The number of anilines is 1. The highest BCUT2D eigenvalue weighted by Gasteiger charge is 2.16. The summed E-state index contributed by atoms with van der Waals surface area (Å²) in [5.41, 5.74) is 1.80. The second-order valence-electron chi connectivity index (χ2n) is 5.95. The van der Waals surface area contributed by atoms with Gasteiger partial charge in [-0.05, 0) is 55.8 Å². The Morgan fingerprint density at radius 1 is 0.962 bits per heavy atom. The van der Waals surface area contributed by atoms with Crippen molar-refractivity contribution >= 4 is 21.6 Å². The molecule has 0 unspecified atom stereocenters. The van der Waals surface area contributed by atoms with Gasteiger partial charge in [0.25, 0.3) is 15.9 Å². The number of rotatable bonds is 9. The van der Waals surface area contributed by atoms with Crippen LogP contribution >= 0.6 is 0 Å². The summed E-state index contributed by atoms with van der Waals surface area (Å²) in [5, 5.41) is 5.99. The number of amides is 1. The first-order valence-corrected chi connectivity index (χ1v) is 10.1. The van der Waals surface area contributed by atoms with Gasteiger partial charge in [0.15, 0.2) is 0 Å². The molecule has 0 aliphatic rings. The van der Waals surface area contributed by atoms with E-state index in [1.807, 2.05) is 19.1 Å². The average molecular weight is 375 g/mol. The third-order valence-corrected chi connectivity index (χ3v) is 5.21. The zero-order chi connectivity index (χ0) is 19.0. The fraction of sp³-hybridized carbons (Fsp3) is 0.316. The van der Waals surface area contributed by atoms with Crippen molar-refractivity contribution in [3.05, 3.63) is 59.7 Å². The third kappa shape index (κ3) is 5.57. The van der Waals surface area contributed by atoms with E-state index in [1.165, 1.54) is 24.3 Å². The van der Waals surface area contributed by atoms with Crippen LogP contribution in [0.5, 0.6) is 0 Å². The molecule has 0 aromatic heterocycles. The van der Waals surface area contributed by atoms with Crippen LogP contribution in [0.2, 0.25) is 0 Å². The van der Waals surface area contributed by atoms with E-state index < -0.39 is 10.0 Å². The van der Waals surface area contributed by atoms with Crippen LogP contribution in [-0.4, -0.2) is 34.0 Å². The van der Waals surface area contributed by atoms with Gasteiger partial charge in [-0.1, -0.05) is 25.1 Å². The van der Waals surface area contributed by atoms with Gasteiger partial charge >= 0.3 is 0 Å². The van der Waals surface area contributed by atoms with Gasteiger partial charge in [-0.2, -0.15) is 0 Å². The molecule has 2 aromatic carbocycles. The van der Waals surface area contributed by atoms with E-state index in [4.69, 9.17) is 0 Å². The Bertz CT molecular complexity index is 833. The fourth-order valence-corrected chi connectivity index (χ4v) is 3.48. The van der Waals surface area contributed by atoms with Crippen molar-refractivity contribution in [2.45, 2.75) is 25.2 Å². The Balaban J connectivity index is 1.99. The van der Waals surface area contributed by atoms with Gasteiger partial charge in [0.05, 0.1) is 10.6 Å². The first-order chi connectivity index (χ1) is 12.4. The molecule has 0 atom stereocenters. The van der Waals surface area contributed by atoms with Gasteiger partial charge < -0.3 is 10.6 Å². The van der Waals surface area contributed by atoms with E-state index in [2.05, 4.69) is 22.3 Å². The summed E-state index contributed by atoms with van der Waals surface area (Å²) in [6.45, 7) is 6.05. The molecule has 0 spiro atoms. The number of benzene rings is 2. The summed E-state index contributed by atoms with van der Waals surface area (Å²) in [7, 11) is -3.70. The monoisotopic (exact) mass is 375 g/mol. The summed E-state index contributed by atoms with van der Waals surface area (Å²) < 4.78 is 27.5. The molecule has 0 radical (unpaired) electrons. The minimum absolute atomic E-state index is 0.113. The molecule has 1 amide bonds. The normalized spacial score (nSPS) is 11.2. The van der Waals surface area contributed by atoms with E-state index in [0.717, 1.165) is 18.5 Å². The molecule has 3 N–H and O–H groups in total. The van der Waals surface area contributed by atoms with Gasteiger partial charge in [0.2, 0.25) is 0 Å². The molecule has 0 bridgehead atoms. The number of hydrogen-bond acceptors (Lipinski definition) is 4. The van der Waals surface area contributed by atoms with E-state index in [1.54, 1.807) is 12.1 Å². The fourth-order valence-electron chi connectivity index (χ4n) is 2.34. The van der Waals surface area contributed by atoms with Crippen molar-refractivity contribution in [2.24, 2.45) is 0 Å². The Labute approximate surface area is 155 Å². The van der Waals surface area contributed by atoms with Crippen molar-refractivity contribution in [1.29, 1.82) is 0 Å². The van der Waals surface area contributed by atoms with Crippen molar-refractivity contribution in [3.63, 3.8) is 0 Å². The number of aryl methyl sites for hydroxylation is 1. The highest BCUT2D eigenvalue weighted by molar-refractivity contribution is 7.92. The Morgan fingerprint density at radius 3 is 2.31 bits per heavy atom. The van der Waals surface area contributed by atoms with Crippen LogP contribution in [0.1, 0.15) is 29.3 Å². The molecule has 0 aliphatic carbocycles. The molecule has 6 nitrogen and oxygen atoms in total. The van der Waals surface area contributed by atoms with E-state index >= 15 is 0 Å². The summed E-state index contributed by atoms with van der Waals surface area (Å²) in [5.74, 6) is -0.223. The van der Waals surface area contributed by atoms with Crippen LogP contribution in [0.4, 0.5) is 5.69 Å². The molecule has 26 heavy (non-hydrogen) atoms. The van der Waals surface area contributed by atoms with Crippen LogP contribution in [0, 0.1) is 6.92 Å². The Kier molecular flexibility index (Phi) is 7.17. The molecular formula is C19H25N3O3S. The molecule has 2 aromatic rings. The Hall–Kier alpha value is -2.38. The first-order valence-electron chi connectivity index (χ1n) is 8.61. The maximum absolute atomic E-state index is 12.5. The van der Waals surface area contributed by atoms with Crippen LogP contribution in [-0.2, 0) is 10.0 Å². The highest BCUT2D eigenvalue weighted by Crippen LogP contribution is 2.19. The SMILES string of the molecule is CCCNCCNC(=O)c1ccc(S(=O)(=O)Nc2ccccc2C)cc1. The molecule has 140 valence electrons. The Morgan fingerprint density at radius 2 is 1.65 bits per heavy atom. The quantitative estimate of drug-likeness (QED) is 0.588.